The third-order valence-electron chi connectivity index (χ3n) is 4.22. The smallest absolute Gasteiger partial charge is 0.234 e. The monoisotopic (exact) mass is 239 g/mol. The van der Waals surface area contributed by atoms with Gasteiger partial charge in [-0.25, -0.2) is 0 Å². The molecule has 0 spiro atoms. The van der Waals surface area contributed by atoms with Gasteiger partial charge < -0.3 is 10.6 Å². The van der Waals surface area contributed by atoms with Crippen molar-refractivity contribution in [1.82, 2.24) is 15.5 Å². The van der Waals surface area contributed by atoms with Crippen LogP contribution in [-0.2, 0) is 4.79 Å². The zero-order chi connectivity index (χ0) is 12.4. The molecule has 17 heavy (non-hydrogen) atoms. The highest BCUT2D eigenvalue weighted by Crippen LogP contribution is 2.25. The van der Waals surface area contributed by atoms with Gasteiger partial charge in [-0.15, -0.1) is 0 Å². The lowest BCUT2D eigenvalue weighted by Crippen LogP contribution is -2.42. The molecule has 0 bridgehead atoms. The lowest BCUT2D eigenvalue weighted by Gasteiger charge is -2.21. The minimum Gasteiger partial charge on any atom is -0.352 e. The van der Waals surface area contributed by atoms with Gasteiger partial charge in [0.25, 0.3) is 0 Å². The van der Waals surface area contributed by atoms with Crippen LogP contribution in [0.2, 0.25) is 0 Å². The van der Waals surface area contributed by atoms with Crippen molar-refractivity contribution >= 4 is 5.91 Å². The number of likely N-dealkylation sites (tertiary alicyclic amines) is 1. The number of carbonyl (C=O) groups excluding carboxylic acids is 1. The van der Waals surface area contributed by atoms with Gasteiger partial charge in [-0.1, -0.05) is 13.8 Å². The lowest BCUT2D eigenvalue weighted by molar-refractivity contribution is -0.122. The molecule has 2 fully saturated rings. The Kier molecular flexibility index (Phi) is 4.05. The summed E-state index contributed by atoms with van der Waals surface area (Å²) in [5, 5.41) is 6.49. The fraction of sp³-hybridized carbons (Fsp3) is 0.923. The van der Waals surface area contributed by atoms with Crippen molar-refractivity contribution in [3.8, 4) is 0 Å². The molecule has 0 saturated carbocycles. The number of amides is 1. The molecule has 2 saturated heterocycles. The van der Waals surface area contributed by atoms with Gasteiger partial charge in [0, 0.05) is 19.1 Å². The fourth-order valence-electron chi connectivity index (χ4n) is 2.75. The average Bonchev–Trinajstić information content (AvgIpc) is 2.76. The lowest BCUT2D eigenvalue weighted by atomic mass is 10.0. The van der Waals surface area contributed by atoms with Crippen molar-refractivity contribution in [1.29, 1.82) is 0 Å². The molecule has 98 valence electrons. The summed E-state index contributed by atoms with van der Waals surface area (Å²) >= 11 is 0. The van der Waals surface area contributed by atoms with E-state index < -0.39 is 0 Å². The van der Waals surface area contributed by atoms with Crippen molar-refractivity contribution in [2.45, 2.75) is 26.8 Å². The van der Waals surface area contributed by atoms with E-state index in [4.69, 9.17) is 0 Å². The highest BCUT2D eigenvalue weighted by molar-refractivity contribution is 5.78. The largest absolute Gasteiger partial charge is 0.352 e. The number of fused-ring (bicyclic) bond motifs is 1. The molecule has 1 unspecified atom stereocenters. The van der Waals surface area contributed by atoms with E-state index in [1.165, 1.54) is 0 Å². The van der Waals surface area contributed by atoms with Crippen LogP contribution in [-0.4, -0.2) is 49.6 Å². The number of nitrogens with zero attached hydrogens (tertiary/aromatic N) is 1. The number of hydrogen-bond donors (Lipinski definition) is 2. The SMILES string of the molecule is CC(C)C(C)NC(=O)CN1C[C@H]2CNC[C@H]2C1. The van der Waals surface area contributed by atoms with Crippen LogP contribution in [0, 0.1) is 17.8 Å². The van der Waals surface area contributed by atoms with Gasteiger partial charge in [0.15, 0.2) is 0 Å². The van der Waals surface area contributed by atoms with Crippen LogP contribution in [0.25, 0.3) is 0 Å². The van der Waals surface area contributed by atoms with Gasteiger partial charge in [0.05, 0.1) is 6.54 Å². The molecule has 2 rings (SSSR count). The van der Waals surface area contributed by atoms with Crippen molar-refractivity contribution in [3.63, 3.8) is 0 Å². The molecule has 0 radical (unpaired) electrons. The number of rotatable bonds is 4. The van der Waals surface area contributed by atoms with Gasteiger partial charge in [-0.2, -0.15) is 0 Å². The molecule has 2 N–H and O–H groups in total. The molecular weight excluding hydrogens is 214 g/mol. The Morgan fingerprint density at radius 3 is 2.41 bits per heavy atom. The molecule has 3 atom stereocenters. The normalized spacial score (nSPS) is 30.6. The van der Waals surface area contributed by atoms with Gasteiger partial charge in [-0.05, 0) is 37.8 Å². The number of nitrogens with one attached hydrogen (secondary N) is 2. The first-order valence-corrected chi connectivity index (χ1v) is 6.78. The van der Waals surface area contributed by atoms with Gasteiger partial charge in [0.1, 0.15) is 0 Å². The first-order chi connectivity index (χ1) is 8.06. The Balaban J connectivity index is 1.73. The standard InChI is InChI=1S/C13H25N3O/c1-9(2)10(3)15-13(17)8-16-6-11-4-14-5-12(11)7-16/h9-12,14H,4-8H2,1-3H3,(H,15,17)/t10?,11-,12+. The predicted octanol–water partition coefficient (Wildman–Crippen LogP) is 0.298. The van der Waals surface area contributed by atoms with E-state index in [-0.39, 0.29) is 11.9 Å². The third-order valence-corrected chi connectivity index (χ3v) is 4.22. The van der Waals surface area contributed by atoms with Crippen LogP contribution in [0.1, 0.15) is 20.8 Å². The Morgan fingerprint density at radius 1 is 1.29 bits per heavy atom. The highest BCUT2D eigenvalue weighted by Gasteiger charge is 2.36. The van der Waals surface area contributed by atoms with Crippen molar-refractivity contribution in [2.75, 3.05) is 32.7 Å². The maximum absolute atomic E-state index is 11.9. The second-order valence-electron chi connectivity index (χ2n) is 5.97. The Bertz CT molecular complexity index is 268. The quantitative estimate of drug-likeness (QED) is 0.741. The van der Waals surface area contributed by atoms with Gasteiger partial charge >= 0.3 is 0 Å². The van der Waals surface area contributed by atoms with E-state index in [2.05, 4.69) is 36.3 Å². The summed E-state index contributed by atoms with van der Waals surface area (Å²) < 4.78 is 0. The van der Waals surface area contributed by atoms with Crippen LogP contribution in [0.15, 0.2) is 0 Å². The predicted molar refractivity (Wildman–Crippen MR) is 68.7 cm³/mol. The van der Waals surface area contributed by atoms with E-state index in [1.54, 1.807) is 0 Å². The van der Waals surface area contributed by atoms with Crippen LogP contribution in [0.5, 0.6) is 0 Å². The zero-order valence-corrected chi connectivity index (χ0v) is 11.2. The molecule has 2 aliphatic heterocycles. The molecule has 4 nitrogen and oxygen atoms in total. The molecule has 1 amide bonds. The maximum Gasteiger partial charge on any atom is 0.234 e. The van der Waals surface area contributed by atoms with E-state index in [0.29, 0.717) is 12.5 Å². The second kappa shape index (κ2) is 5.36. The van der Waals surface area contributed by atoms with Crippen molar-refractivity contribution in [3.05, 3.63) is 0 Å². The molecule has 0 aromatic carbocycles. The van der Waals surface area contributed by atoms with E-state index >= 15 is 0 Å². The van der Waals surface area contributed by atoms with Crippen molar-refractivity contribution in [2.24, 2.45) is 17.8 Å². The zero-order valence-electron chi connectivity index (χ0n) is 11.2. The molecular formula is C13H25N3O. The molecule has 2 aliphatic rings. The minimum absolute atomic E-state index is 0.180. The topological polar surface area (TPSA) is 44.4 Å². The number of hydrogen-bond acceptors (Lipinski definition) is 3. The van der Waals surface area contributed by atoms with Crippen LogP contribution < -0.4 is 10.6 Å². The summed E-state index contributed by atoms with van der Waals surface area (Å²) in [6.07, 6.45) is 0. The first kappa shape index (κ1) is 12.8. The maximum atomic E-state index is 11.9. The summed E-state index contributed by atoms with van der Waals surface area (Å²) in [6, 6.07) is 0.270. The van der Waals surface area contributed by atoms with E-state index in [0.717, 1.165) is 38.0 Å². The van der Waals surface area contributed by atoms with Gasteiger partial charge in [-0.3, -0.25) is 9.69 Å². The Hall–Kier alpha value is -0.610. The van der Waals surface area contributed by atoms with Crippen molar-refractivity contribution < 1.29 is 4.79 Å². The summed E-state index contributed by atoms with van der Waals surface area (Å²) in [6.45, 7) is 11.3. The Morgan fingerprint density at radius 2 is 1.88 bits per heavy atom. The molecule has 0 aromatic heterocycles. The summed E-state index contributed by atoms with van der Waals surface area (Å²) in [4.78, 5) is 14.2. The Labute approximate surface area is 104 Å². The number of carbonyl (C=O) groups is 1. The van der Waals surface area contributed by atoms with Crippen LogP contribution in [0.3, 0.4) is 0 Å². The molecule has 0 aliphatic carbocycles. The van der Waals surface area contributed by atoms with Gasteiger partial charge in [0.2, 0.25) is 5.91 Å². The highest BCUT2D eigenvalue weighted by atomic mass is 16.2. The second-order valence-corrected chi connectivity index (χ2v) is 5.97. The van der Waals surface area contributed by atoms with Crippen LogP contribution in [0.4, 0.5) is 0 Å². The third kappa shape index (κ3) is 3.19. The molecule has 4 heteroatoms. The molecule has 2 heterocycles. The average molecular weight is 239 g/mol. The summed E-state index contributed by atoms with van der Waals surface area (Å²) in [7, 11) is 0. The minimum atomic E-state index is 0.180. The van der Waals surface area contributed by atoms with E-state index in [9.17, 15) is 4.79 Å². The summed E-state index contributed by atoms with van der Waals surface area (Å²) in [5.41, 5.74) is 0. The summed E-state index contributed by atoms with van der Waals surface area (Å²) in [5.74, 6) is 2.22. The first-order valence-electron chi connectivity index (χ1n) is 6.78. The van der Waals surface area contributed by atoms with E-state index in [1.807, 2.05) is 0 Å². The fourth-order valence-corrected chi connectivity index (χ4v) is 2.75. The van der Waals surface area contributed by atoms with Crippen LogP contribution >= 0.6 is 0 Å². The molecule has 0 aromatic rings.